The summed E-state index contributed by atoms with van der Waals surface area (Å²) in [6.45, 7) is 7.75. The molecule has 0 aromatic heterocycles. The average Bonchev–Trinajstić information content (AvgIpc) is 1.89. The molecule has 0 aliphatic heterocycles. The molecule has 0 fully saturated rings. The van der Waals surface area contributed by atoms with Crippen LogP contribution in [0.1, 0.15) is 27.7 Å². The Bertz CT molecular complexity index is 48.1. The maximum atomic E-state index is 9.63. The SMILES string of the molecule is CC(C)C[O-].CC(C)C[O-].[Te+2]. The van der Waals surface area contributed by atoms with Crippen molar-refractivity contribution in [2.24, 2.45) is 11.8 Å². The van der Waals surface area contributed by atoms with Gasteiger partial charge in [0.1, 0.15) is 0 Å². The Hall–Kier alpha value is 0.710. The van der Waals surface area contributed by atoms with Gasteiger partial charge >= 0.3 is 23.7 Å². The summed E-state index contributed by atoms with van der Waals surface area (Å²) in [6, 6.07) is 0. The zero-order chi connectivity index (χ0) is 8.57. The van der Waals surface area contributed by atoms with Crippen LogP contribution in [-0.4, -0.2) is 36.9 Å². The zero-order valence-electron chi connectivity index (χ0n) is 7.79. The fraction of sp³-hybridized carbons (Fsp3) is 1.00. The van der Waals surface area contributed by atoms with Gasteiger partial charge in [-0.25, -0.2) is 0 Å². The summed E-state index contributed by atoms with van der Waals surface area (Å²) in [7, 11) is 0. The maximum Gasteiger partial charge on any atom is 2.00 e. The summed E-state index contributed by atoms with van der Waals surface area (Å²) in [6.07, 6.45) is 0. The number of hydrogen-bond donors (Lipinski definition) is 0. The van der Waals surface area contributed by atoms with E-state index >= 15 is 0 Å². The third-order valence-electron chi connectivity index (χ3n) is 0.667. The minimum Gasteiger partial charge on any atom is -0.854 e. The topological polar surface area (TPSA) is 46.1 Å². The molecule has 0 aromatic rings. The first-order chi connectivity index (χ1) is 4.54. The van der Waals surface area contributed by atoms with Gasteiger partial charge in [-0.2, -0.15) is 0 Å². The molecule has 4 radical (unpaired) electrons. The van der Waals surface area contributed by atoms with Crippen molar-refractivity contribution in [3.05, 3.63) is 0 Å². The van der Waals surface area contributed by atoms with Gasteiger partial charge in [-0.05, 0) is 0 Å². The van der Waals surface area contributed by atoms with Crippen molar-refractivity contribution in [2.75, 3.05) is 13.2 Å². The molecule has 0 spiro atoms. The van der Waals surface area contributed by atoms with E-state index < -0.39 is 0 Å². The Morgan fingerprint density at radius 3 is 0.909 bits per heavy atom. The zero-order valence-corrected chi connectivity index (χ0v) is 10.1. The van der Waals surface area contributed by atoms with Gasteiger partial charge in [0, 0.05) is 0 Å². The van der Waals surface area contributed by atoms with E-state index in [9.17, 15) is 10.2 Å². The molecule has 0 saturated heterocycles. The second-order valence-corrected chi connectivity index (χ2v) is 3.12. The third-order valence-corrected chi connectivity index (χ3v) is 0.667. The first-order valence-corrected chi connectivity index (χ1v) is 3.70. The van der Waals surface area contributed by atoms with E-state index in [1.54, 1.807) is 0 Å². The van der Waals surface area contributed by atoms with Gasteiger partial charge in [0.2, 0.25) is 0 Å². The second kappa shape index (κ2) is 13.3. The van der Waals surface area contributed by atoms with Crippen molar-refractivity contribution in [3.8, 4) is 0 Å². The third kappa shape index (κ3) is 36.6. The van der Waals surface area contributed by atoms with Crippen LogP contribution in [0.3, 0.4) is 0 Å². The van der Waals surface area contributed by atoms with Crippen LogP contribution in [0, 0.1) is 11.8 Å². The Kier molecular flexibility index (Phi) is 21.4. The summed E-state index contributed by atoms with van der Waals surface area (Å²) in [5.41, 5.74) is 0. The first-order valence-electron chi connectivity index (χ1n) is 3.70. The van der Waals surface area contributed by atoms with E-state index in [2.05, 4.69) is 0 Å². The molecule has 11 heavy (non-hydrogen) atoms. The quantitative estimate of drug-likeness (QED) is 0.644. The minimum absolute atomic E-state index is 0. The van der Waals surface area contributed by atoms with Crippen LogP contribution < -0.4 is 10.2 Å². The average molecular weight is 274 g/mol. The van der Waals surface area contributed by atoms with Gasteiger partial charge in [-0.15, -0.1) is 13.2 Å². The smallest absolute Gasteiger partial charge is 0.854 e. The largest absolute Gasteiger partial charge is 2.00 e. The second-order valence-electron chi connectivity index (χ2n) is 3.12. The van der Waals surface area contributed by atoms with E-state index in [0.717, 1.165) is 0 Å². The minimum atomic E-state index is 0. The molecule has 0 aromatic carbocycles. The van der Waals surface area contributed by atoms with E-state index in [4.69, 9.17) is 0 Å². The molecule has 68 valence electrons. The molecular formula is C8H18O2Te. The fourth-order valence-corrected chi connectivity index (χ4v) is 0. The van der Waals surface area contributed by atoms with Crippen LogP contribution in [0.4, 0.5) is 0 Å². The number of rotatable bonds is 2. The molecule has 0 aliphatic rings. The van der Waals surface area contributed by atoms with Crippen LogP contribution >= 0.6 is 0 Å². The fourth-order valence-electron chi connectivity index (χ4n) is 0. The summed E-state index contributed by atoms with van der Waals surface area (Å²) < 4.78 is 0. The van der Waals surface area contributed by atoms with Gasteiger partial charge in [0.05, 0.1) is 0 Å². The molecule has 0 saturated carbocycles. The Labute approximate surface area is 86.7 Å². The van der Waals surface area contributed by atoms with Crippen molar-refractivity contribution in [3.63, 3.8) is 0 Å². The van der Waals surface area contributed by atoms with Crippen molar-refractivity contribution >= 4 is 23.7 Å². The van der Waals surface area contributed by atoms with Crippen LogP contribution in [-0.2, 0) is 0 Å². The molecule has 0 atom stereocenters. The van der Waals surface area contributed by atoms with E-state index in [-0.39, 0.29) is 36.9 Å². The predicted molar refractivity (Wildman–Crippen MR) is 45.2 cm³/mol. The first kappa shape index (κ1) is 17.7. The standard InChI is InChI=1S/2C4H9O.Te/c2*1-4(2)3-5;/h2*4H,3H2,1-2H3;/q2*-1;+2. The molecule has 3 heteroatoms. The van der Waals surface area contributed by atoms with Gasteiger partial charge in [0.15, 0.2) is 0 Å². The summed E-state index contributed by atoms with van der Waals surface area (Å²) >= 11 is 0. The monoisotopic (exact) mass is 276 g/mol. The molecular weight excluding hydrogens is 256 g/mol. The molecule has 0 rings (SSSR count). The Balaban J connectivity index is -0.000000107. The molecule has 0 bridgehead atoms. The maximum absolute atomic E-state index is 9.63. The van der Waals surface area contributed by atoms with Crippen molar-refractivity contribution in [1.29, 1.82) is 0 Å². The summed E-state index contributed by atoms with van der Waals surface area (Å²) in [5.74, 6) is 0.657. The van der Waals surface area contributed by atoms with Crippen molar-refractivity contribution in [1.82, 2.24) is 0 Å². The van der Waals surface area contributed by atoms with Gasteiger partial charge in [-0.3, -0.25) is 0 Å². The van der Waals surface area contributed by atoms with E-state index in [1.165, 1.54) is 0 Å². The van der Waals surface area contributed by atoms with Crippen LogP contribution in [0.15, 0.2) is 0 Å². The van der Waals surface area contributed by atoms with Gasteiger partial charge in [-0.1, -0.05) is 39.5 Å². The van der Waals surface area contributed by atoms with Gasteiger partial charge < -0.3 is 10.2 Å². The number of hydrogen-bond acceptors (Lipinski definition) is 2. The van der Waals surface area contributed by atoms with E-state index in [0.29, 0.717) is 11.8 Å². The van der Waals surface area contributed by atoms with E-state index in [1.807, 2.05) is 27.7 Å². The Morgan fingerprint density at radius 2 is 0.909 bits per heavy atom. The normalized spacial score (nSPS) is 8.73. The van der Waals surface area contributed by atoms with Crippen LogP contribution in [0.2, 0.25) is 0 Å². The summed E-state index contributed by atoms with van der Waals surface area (Å²) in [4.78, 5) is 0. The predicted octanol–water partition coefficient (Wildman–Crippen LogP) is -0.375. The molecule has 0 N–H and O–H groups in total. The van der Waals surface area contributed by atoms with Crippen molar-refractivity contribution in [2.45, 2.75) is 27.7 Å². The van der Waals surface area contributed by atoms with Crippen LogP contribution in [0.5, 0.6) is 0 Å². The summed E-state index contributed by atoms with van der Waals surface area (Å²) in [5, 5.41) is 19.3. The van der Waals surface area contributed by atoms with Crippen LogP contribution in [0.25, 0.3) is 0 Å². The Morgan fingerprint density at radius 1 is 0.818 bits per heavy atom. The molecule has 0 amide bonds. The van der Waals surface area contributed by atoms with Crippen molar-refractivity contribution < 1.29 is 10.2 Å². The molecule has 0 aliphatic carbocycles. The molecule has 0 unspecified atom stereocenters. The molecule has 2 nitrogen and oxygen atoms in total. The van der Waals surface area contributed by atoms with Gasteiger partial charge in [0.25, 0.3) is 0 Å². The molecule has 0 heterocycles.